The Morgan fingerprint density at radius 3 is 2.77 bits per heavy atom. The Morgan fingerprint density at radius 1 is 1.18 bits per heavy atom. The van der Waals surface area contributed by atoms with Gasteiger partial charge in [0.1, 0.15) is 5.15 Å². The van der Waals surface area contributed by atoms with E-state index in [4.69, 9.17) is 16.1 Å². The summed E-state index contributed by atoms with van der Waals surface area (Å²) in [6, 6.07) is 12.6. The Labute approximate surface area is 131 Å². The van der Waals surface area contributed by atoms with Crippen molar-refractivity contribution in [3.8, 4) is 11.5 Å². The summed E-state index contributed by atoms with van der Waals surface area (Å²) in [7, 11) is 0. The predicted molar refractivity (Wildman–Crippen MR) is 80.2 cm³/mol. The smallest absolute Gasteiger partial charge is 0.257 e. The van der Waals surface area contributed by atoms with E-state index in [9.17, 15) is 4.79 Å². The number of nitrogens with zero attached hydrogens (tertiary/aromatic N) is 3. The second kappa shape index (κ2) is 6.36. The van der Waals surface area contributed by atoms with E-state index >= 15 is 0 Å². The van der Waals surface area contributed by atoms with Crippen molar-refractivity contribution in [1.29, 1.82) is 0 Å². The van der Waals surface area contributed by atoms with Crippen molar-refractivity contribution in [3.63, 3.8) is 0 Å². The summed E-state index contributed by atoms with van der Waals surface area (Å²) in [6.45, 7) is 0.139. The zero-order valence-corrected chi connectivity index (χ0v) is 12.1. The fraction of sp³-hybridized carbons (Fsp3) is 0.0667. The Balaban J connectivity index is 1.67. The summed E-state index contributed by atoms with van der Waals surface area (Å²) in [5, 5.41) is 6.65. The van der Waals surface area contributed by atoms with Crippen LogP contribution in [0.5, 0.6) is 0 Å². The molecule has 0 aliphatic carbocycles. The number of hydrogen-bond donors (Lipinski definition) is 1. The van der Waals surface area contributed by atoms with Gasteiger partial charge in [-0.05, 0) is 24.3 Å². The van der Waals surface area contributed by atoms with E-state index in [1.54, 1.807) is 12.1 Å². The van der Waals surface area contributed by atoms with Gasteiger partial charge in [0, 0.05) is 11.8 Å². The highest BCUT2D eigenvalue weighted by molar-refractivity contribution is 6.32. The van der Waals surface area contributed by atoms with Crippen LogP contribution >= 0.6 is 11.6 Å². The predicted octanol–water partition coefficient (Wildman–Crippen LogP) is 2.72. The maximum atomic E-state index is 12.0. The lowest BCUT2D eigenvalue weighted by molar-refractivity contribution is 0.0949. The van der Waals surface area contributed by atoms with Gasteiger partial charge in [0.25, 0.3) is 11.8 Å². The standard InChI is InChI=1S/C15H11ClN4O2/c16-13-11(7-4-8-17-13)14(21)18-9-12-19-15(22-20-12)10-5-2-1-3-6-10/h1-8H,9H2,(H,18,21). The van der Waals surface area contributed by atoms with Gasteiger partial charge in [-0.15, -0.1) is 0 Å². The van der Waals surface area contributed by atoms with Crippen LogP contribution in [0.2, 0.25) is 5.15 Å². The molecule has 0 spiro atoms. The molecule has 7 heteroatoms. The summed E-state index contributed by atoms with van der Waals surface area (Å²) in [5.74, 6) is 0.445. The fourth-order valence-corrected chi connectivity index (χ4v) is 2.04. The Bertz CT molecular complexity index is 789. The minimum atomic E-state index is -0.343. The van der Waals surface area contributed by atoms with Crippen LogP contribution in [0, 0.1) is 0 Å². The molecule has 0 saturated carbocycles. The topological polar surface area (TPSA) is 80.9 Å². The molecule has 0 saturated heterocycles. The molecule has 0 bridgehead atoms. The highest BCUT2D eigenvalue weighted by Gasteiger charge is 2.13. The highest BCUT2D eigenvalue weighted by Crippen LogP contribution is 2.16. The van der Waals surface area contributed by atoms with Crippen LogP contribution in [0.4, 0.5) is 0 Å². The number of pyridine rings is 1. The molecule has 0 atom stereocenters. The average Bonchev–Trinajstić information content (AvgIpc) is 3.03. The molecule has 0 aliphatic rings. The highest BCUT2D eigenvalue weighted by atomic mass is 35.5. The Kier molecular flexibility index (Phi) is 4.11. The zero-order valence-electron chi connectivity index (χ0n) is 11.4. The molecule has 0 radical (unpaired) electrons. The normalized spacial score (nSPS) is 10.4. The maximum Gasteiger partial charge on any atom is 0.257 e. The zero-order chi connectivity index (χ0) is 15.4. The summed E-state index contributed by atoms with van der Waals surface area (Å²) in [6.07, 6.45) is 1.52. The van der Waals surface area contributed by atoms with Crippen molar-refractivity contribution in [2.45, 2.75) is 6.54 Å². The van der Waals surface area contributed by atoms with Crippen LogP contribution in [0.3, 0.4) is 0 Å². The minimum absolute atomic E-state index is 0.139. The molecule has 0 fully saturated rings. The van der Waals surface area contributed by atoms with E-state index in [-0.39, 0.29) is 17.6 Å². The second-order valence-corrected chi connectivity index (χ2v) is 4.76. The summed E-state index contributed by atoms with van der Waals surface area (Å²) in [4.78, 5) is 20.1. The average molecular weight is 315 g/mol. The van der Waals surface area contributed by atoms with Crippen LogP contribution in [-0.2, 0) is 6.54 Å². The molecule has 0 aliphatic heterocycles. The lowest BCUT2D eigenvalue weighted by atomic mass is 10.2. The number of carbonyl (C=O) groups excluding carboxylic acids is 1. The van der Waals surface area contributed by atoms with Crippen LogP contribution in [-0.4, -0.2) is 21.0 Å². The minimum Gasteiger partial charge on any atom is -0.345 e. The number of benzene rings is 1. The van der Waals surface area contributed by atoms with Crippen molar-refractivity contribution in [3.05, 3.63) is 65.2 Å². The van der Waals surface area contributed by atoms with Crippen LogP contribution in [0.1, 0.15) is 16.2 Å². The molecule has 1 amide bonds. The van der Waals surface area contributed by atoms with Gasteiger partial charge >= 0.3 is 0 Å². The van der Waals surface area contributed by atoms with E-state index in [2.05, 4.69) is 20.4 Å². The molecule has 3 rings (SSSR count). The molecule has 3 aromatic rings. The molecule has 2 aromatic heterocycles. The van der Waals surface area contributed by atoms with E-state index < -0.39 is 0 Å². The van der Waals surface area contributed by atoms with Crippen LogP contribution in [0.25, 0.3) is 11.5 Å². The maximum absolute atomic E-state index is 12.0. The van der Waals surface area contributed by atoms with Crippen molar-refractivity contribution in [2.75, 3.05) is 0 Å². The third kappa shape index (κ3) is 3.12. The van der Waals surface area contributed by atoms with Gasteiger partial charge in [-0.3, -0.25) is 4.79 Å². The first-order valence-electron chi connectivity index (χ1n) is 6.51. The lowest BCUT2D eigenvalue weighted by Crippen LogP contribution is -2.23. The van der Waals surface area contributed by atoms with E-state index in [0.29, 0.717) is 17.3 Å². The molecule has 110 valence electrons. The van der Waals surface area contributed by atoms with Gasteiger partial charge in [0.2, 0.25) is 0 Å². The second-order valence-electron chi connectivity index (χ2n) is 4.41. The fourth-order valence-electron chi connectivity index (χ4n) is 1.83. The number of carbonyl (C=O) groups is 1. The monoisotopic (exact) mass is 314 g/mol. The largest absolute Gasteiger partial charge is 0.345 e. The summed E-state index contributed by atoms with van der Waals surface area (Å²) < 4.78 is 5.16. The van der Waals surface area contributed by atoms with Crippen LogP contribution < -0.4 is 5.32 Å². The summed E-state index contributed by atoms with van der Waals surface area (Å²) >= 11 is 5.86. The first-order chi connectivity index (χ1) is 10.7. The van der Waals surface area contributed by atoms with E-state index in [1.165, 1.54) is 6.20 Å². The van der Waals surface area contributed by atoms with Crippen molar-refractivity contribution < 1.29 is 9.32 Å². The van der Waals surface area contributed by atoms with Gasteiger partial charge in [0.05, 0.1) is 12.1 Å². The van der Waals surface area contributed by atoms with Crippen molar-refractivity contribution >= 4 is 17.5 Å². The first-order valence-corrected chi connectivity index (χ1v) is 6.88. The first kappa shape index (κ1) is 14.2. The number of aromatic nitrogens is 3. The molecule has 0 unspecified atom stereocenters. The van der Waals surface area contributed by atoms with Gasteiger partial charge in [0.15, 0.2) is 5.82 Å². The molecular weight excluding hydrogens is 304 g/mol. The Hall–Kier alpha value is -2.73. The molecular formula is C15H11ClN4O2. The Morgan fingerprint density at radius 2 is 2.00 bits per heavy atom. The van der Waals surface area contributed by atoms with E-state index in [0.717, 1.165) is 5.56 Å². The van der Waals surface area contributed by atoms with Gasteiger partial charge in [-0.25, -0.2) is 4.98 Å². The number of halogens is 1. The molecule has 1 N–H and O–H groups in total. The SMILES string of the molecule is O=C(NCc1noc(-c2ccccc2)n1)c1cccnc1Cl. The number of rotatable bonds is 4. The van der Waals surface area contributed by atoms with Crippen LogP contribution in [0.15, 0.2) is 53.2 Å². The molecule has 1 aromatic carbocycles. The molecule has 6 nitrogen and oxygen atoms in total. The van der Waals surface area contributed by atoms with Gasteiger partial charge in [-0.2, -0.15) is 4.98 Å². The third-order valence-corrected chi connectivity index (χ3v) is 3.20. The number of hydrogen-bond acceptors (Lipinski definition) is 5. The quantitative estimate of drug-likeness (QED) is 0.749. The van der Waals surface area contributed by atoms with Gasteiger partial charge < -0.3 is 9.84 Å². The van der Waals surface area contributed by atoms with E-state index in [1.807, 2.05) is 30.3 Å². The number of amides is 1. The van der Waals surface area contributed by atoms with Crippen molar-refractivity contribution in [1.82, 2.24) is 20.4 Å². The summed E-state index contributed by atoms with van der Waals surface area (Å²) in [5.41, 5.74) is 1.12. The number of nitrogens with one attached hydrogen (secondary N) is 1. The van der Waals surface area contributed by atoms with Gasteiger partial charge in [-0.1, -0.05) is 35.0 Å². The molecule has 22 heavy (non-hydrogen) atoms. The lowest BCUT2D eigenvalue weighted by Gasteiger charge is -2.03. The third-order valence-electron chi connectivity index (χ3n) is 2.90. The van der Waals surface area contributed by atoms with Crippen molar-refractivity contribution in [2.24, 2.45) is 0 Å². The molecule has 2 heterocycles.